The molecule has 3 nitrogen and oxygen atoms in total. The van der Waals surface area contributed by atoms with Gasteiger partial charge in [0.05, 0.1) is 12.3 Å². The maximum Gasteiger partial charge on any atom is 0.0823 e. The van der Waals surface area contributed by atoms with Crippen molar-refractivity contribution in [2.75, 3.05) is 0 Å². The minimum absolute atomic E-state index is 0.321. The van der Waals surface area contributed by atoms with Crippen LogP contribution in [0.15, 0.2) is 12.4 Å². The molecule has 0 amide bonds. The third-order valence-corrected chi connectivity index (χ3v) is 4.02. The summed E-state index contributed by atoms with van der Waals surface area (Å²) in [4.78, 5) is 0. The molecule has 0 bridgehead atoms. The molecule has 1 heterocycles. The van der Waals surface area contributed by atoms with Crippen LogP contribution in [0.3, 0.4) is 0 Å². The van der Waals surface area contributed by atoms with Gasteiger partial charge in [0, 0.05) is 18.3 Å². The standard InChI is InChI=1S/C15H26N2O/c1-2-9-17-12-14(11-16-17)15(18)10-13-7-5-3-4-6-8-13/h11-13,15,18H,2-10H2,1H3. The van der Waals surface area contributed by atoms with E-state index in [4.69, 9.17) is 0 Å². The van der Waals surface area contributed by atoms with E-state index in [0.29, 0.717) is 5.92 Å². The zero-order valence-corrected chi connectivity index (χ0v) is 11.5. The number of aryl methyl sites for hydroxylation is 1. The Bertz CT molecular complexity index is 340. The molecule has 1 aromatic rings. The molecule has 1 atom stereocenters. The fourth-order valence-corrected chi connectivity index (χ4v) is 2.95. The molecule has 1 aliphatic carbocycles. The van der Waals surface area contributed by atoms with Gasteiger partial charge in [-0.3, -0.25) is 4.68 Å². The minimum Gasteiger partial charge on any atom is -0.388 e. The summed E-state index contributed by atoms with van der Waals surface area (Å²) in [6, 6.07) is 0. The highest BCUT2D eigenvalue weighted by Gasteiger charge is 2.18. The van der Waals surface area contributed by atoms with Crippen LogP contribution in [0.25, 0.3) is 0 Å². The second-order valence-electron chi connectivity index (χ2n) is 5.65. The van der Waals surface area contributed by atoms with E-state index in [-0.39, 0.29) is 6.10 Å². The van der Waals surface area contributed by atoms with E-state index < -0.39 is 0 Å². The maximum atomic E-state index is 10.3. The molecular formula is C15H26N2O. The van der Waals surface area contributed by atoms with E-state index in [1.807, 2.05) is 17.1 Å². The predicted octanol–water partition coefficient (Wildman–Crippen LogP) is 3.69. The van der Waals surface area contributed by atoms with E-state index in [0.717, 1.165) is 24.9 Å². The van der Waals surface area contributed by atoms with Crippen LogP contribution in [0.1, 0.15) is 70.0 Å². The van der Waals surface area contributed by atoms with Crippen LogP contribution in [0.5, 0.6) is 0 Å². The Morgan fingerprint density at radius 1 is 1.33 bits per heavy atom. The zero-order chi connectivity index (χ0) is 12.8. The van der Waals surface area contributed by atoms with Crippen LogP contribution in [-0.4, -0.2) is 14.9 Å². The minimum atomic E-state index is -0.321. The van der Waals surface area contributed by atoms with Crippen molar-refractivity contribution < 1.29 is 5.11 Å². The van der Waals surface area contributed by atoms with Crippen molar-refractivity contribution in [3.05, 3.63) is 18.0 Å². The van der Waals surface area contributed by atoms with Gasteiger partial charge in [-0.05, 0) is 18.8 Å². The molecule has 1 unspecified atom stereocenters. The van der Waals surface area contributed by atoms with Gasteiger partial charge in [-0.2, -0.15) is 5.10 Å². The first-order chi connectivity index (χ1) is 8.79. The van der Waals surface area contributed by atoms with Crippen LogP contribution >= 0.6 is 0 Å². The first-order valence-corrected chi connectivity index (χ1v) is 7.50. The van der Waals surface area contributed by atoms with Gasteiger partial charge in [-0.15, -0.1) is 0 Å². The molecule has 1 N–H and O–H groups in total. The average Bonchev–Trinajstić information content (AvgIpc) is 2.67. The maximum absolute atomic E-state index is 10.3. The van der Waals surface area contributed by atoms with Crippen molar-refractivity contribution in [3.8, 4) is 0 Å². The molecule has 102 valence electrons. The van der Waals surface area contributed by atoms with Crippen LogP contribution < -0.4 is 0 Å². The molecule has 0 aromatic carbocycles. The van der Waals surface area contributed by atoms with Crippen molar-refractivity contribution in [2.45, 2.75) is 70.9 Å². The average molecular weight is 250 g/mol. The Hall–Kier alpha value is -0.830. The first kappa shape index (κ1) is 13.6. The van der Waals surface area contributed by atoms with Gasteiger partial charge in [-0.1, -0.05) is 45.4 Å². The number of rotatable bonds is 5. The van der Waals surface area contributed by atoms with E-state index in [1.54, 1.807) is 0 Å². The summed E-state index contributed by atoms with van der Waals surface area (Å²) < 4.78 is 1.94. The van der Waals surface area contributed by atoms with Gasteiger partial charge in [0.25, 0.3) is 0 Å². The van der Waals surface area contributed by atoms with Gasteiger partial charge in [-0.25, -0.2) is 0 Å². The molecule has 1 fully saturated rings. The molecule has 2 rings (SSSR count). The molecule has 0 radical (unpaired) electrons. The van der Waals surface area contributed by atoms with E-state index in [2.05, 4.69) is 12.0 Å². The summed E-state index contributed by atoms with van der Waals surface area (Å²) in [6.07, 6.45) is 13.5. The van der Waals surface area contributed by atoms with E-state index in [1.165, 1.54) is 38.5 Å². The topological polar surface area (TPSA) is 38.0 Å². The van der Waals surface area contributed by atoms with Crippen molar-refractivity contribution in [1.82, 2.24) is 9.78 Å². The second-order valence-corrected chi connectivity index (χ2v) is 5.65. The number of aromatic nitrogens is 2. The lowest BCUT2D eigenvalue weighted by Gasteiger charge is -2.17. The molecule has 0 spiro atoms. The molecule has 0 aliphatic heterocycles. The third-order valence-electron chi connectivity index (χ3n) is 4.02. The fourth-order valence-electron chi connectivity index (χ4n) is 2.95. The highest BCUT2D eigenvalue weighted by atomic mass is 16.3. The third kappa shape index (κ3) is 3.84. The molecule has 1 saturated carbocycles. The van der Waals surface area contributed by atoms with Gasteiger partial charge < -0.3 is 5.11 Å². The van der Waals surface area contributed by atoms with Crippen LogP contribution in [0.4, 0.5) is 0 Å². The van der Waals surface area contributed by atoms with Crippen LogP contribution in [0, 0.1) is 5.92 Å². The summed E-state index contributed by atoms with van der Waals surface area (Å²) in [5, 5.41) is 14.6. The quantitative estimate of drug-likeness (QED) is 0.809. The molecule has 18 heavy (non-hydrogen) atoms. The monoisotopic (exact) mass is 250 g/mol. The number of hydrogen-bond acceptors (Lipinski definition) is 2. The van der Waals surface area contributed by atoms with Gasteiger partial charge in [0.1, 0.15) is 0 Å². The molecular weight excluding hydrogens is 224 g/mol. The van der Waals surface area contributed by atoms with Crippen LogP contribution in [0.2, 0.25) is 0 Å². The van der Waals surface area contributed by atoms with Crippen molar-refractivity contribution in [3.63, 3.8) is 0 Å². The summed E-state index contributed by atoms with van der Waals surface area (Å²) in [5.41, 5.74) is 0.993. The smallest absolute Gasteiger partial charge is 0.0823 e. The Labute approximate surface area is 110 Å². The zero-order valence-electron chi connectivity index (χ0n) is 11.5. The van der Waals surface area contributed by atoms with Crippen LogP contribution in [-0.2, 0) is 6.54 Å². The number of nitrogens with zero attached hydrogens (tertiary/aromatic N) is 2. The van der Waals surface area contributed by atoms with Crippen molar-refractivity contribution >= 4 is 0 Å². The normalized spacial score (nSPS) is 19.7. The van der Waals surface area contributed by atoms with Crippen molar-refractivity contribution in [2.24, 2.45) is 5.92 Å². The Balaban J connectivity index is 1.87. The Kier molecular flexibility index (Phi) is 5.24. The lowest BCUT2D eigenvalue weighted by Crippen LogP contribution is -2.06. The summed E-state index contributed by atoms with van der Waals surface area (Å²) in [7, 11) is 0. The van der Waals surface area contributed by atoms with Crippen molar-refractivity contribution in [1.29, 1.82) is 0 Å². The highest BCUT2D eigenvalue weighted by Crippen LogP contribution is 2.30. The summed E-state index contributed by atoms with van der Waals surface area (Å²) >= 11 is 0. The lowest BCUT2D eigenvalue weighted by atomic mass is 9.92. The first-order valence-electron chi connectivity index (χ1n) is 7.50. The van der Waals surface area contributed by atoms with Gasteiger partial charge >= 0.3 is 0 Å². The molecule has 3 heteroatoms. The number of aliphatic hydroxyl groups is 1. The fraction of sp³-hybridized carbons (Fsp3) is 0.800. The van der Waals surface area contributed by atoms with E-state index in [9.17, 15) is 5.11 Å². The SMILES string of the molecule is CCCn1cc(C(O)CC2CCCCCC2)cn1. The Morgan fingerprint density at radius 2 is 2.06 bits per heavy atom. The number of hydrogen-bond donors (Lipinski definition) is 1. The summed E-state index contributed by atoms with van der Waals surface area (Å²) in [5.74, 6) is 0.706. The van der Waals surface area contributed by atoms with Gasteiger partial charge in [0.2, 0.25) is 0 Å². The molecule has 0 saturated heterocycles. The molecule has 1 aromatic heterocycles. The molecule has 1 aliphatic rings. The number of aliphatic hydroxyl groups excluding tert-OH is 1. The lowest BCUT2D eigenvalue weighted by molar-refractivity contribution is 0.139. The predicted molar refractivity (Wildman–Crippen MR) is 73.3 cm³/mol. The largest absolute Gasteiger partial charge is 0.388 e. The van der Waals surface area contributed by atoms with E-state index >= 15 is 0 Å². The summed E-state index contributed by atoms with van der Waals surface area (Å²) in [6.45, 7) is 3.08. The Morgan fingerprint density at radius 3 is 2.72 bits per heavy atom. The second kappa shape index (κ2) is 6.93. The highest BCUT2D eigenvalue weighted by molar-refractivity contribution is 5.08. The van der Waals surface area contributed by atoms with Gasteiger partial charge in [0.15, 0.2) is 0 Å².